The Morgan fingerprint density at radius 3 is 2.38 bits per heavy atom. The first-order chi connectivity index (χ1) is 11.0. The number of ether oxygens (including phenoxy) is 1. The Labute approximate surface area is 147 Å². The number of esters is 1. The molecule has 0 aromatic heterocycles. The van der Waals surface area contributed by atoms with Crippen LogP contribution in [0.25, 0.3) is 0 Å². The van der Waals surface area contributed by atoms with E-state index in [1.807, 2.05) is 6.92 Å². The molecule has 24 heavy (non-hydrogen) atoms. The van der Waals surface area contributed by atoms with Gasteiger partial charge in [-0.25, -0.2) is 0 Å². The number of hydrogen-bond donors (Lipinski definition) is 3. The summed E-state index contributed by atoms with van der Waals surface area (Å²) in [6.07, 6.45) is 1.61. The molecule has 4 N–H and O–H groups in total. The van der Waals surface area contributed by atoms with Crippen molar-refractivity contribution >= 4 is 35.9 Å². The number of anilines is 1. The summed E-state index contributed by atoms with van der Waals surface area (Å²) in [4.78, 5) is 34.4. The zero-order valence-electron chi connectivity index (χ0n) is 13.8. The van der Waals surface area contributed by atoms with E-state index in [0.29, 0.717) is 12.1 Å². The fraction of sp³-hybridized carbons (Fsp3) is 0.438. The lowest BCUT2D eigenvalue weighted by atomic mass is 10.1. The van der Waals surface area contributed by atoms with E-state index in [1.165, 1.54) is 7.11 Å². The van der Waals surface area contributed by atoms with E-state index < -0.39 is 12.0 Å². The molecule has 0 bridgehead atoms. The van der Waals surface area contributed by atoms with Gasteiger partial charge < -0.3 is 21.1 Å². The van der Waals surface area contributed by atoms with Crippen molar-refractivity contribution in [3.63, 3.8) is 0 Å². The normalized spacial score (nSPS) is 11.0. The molecule has 1 aromatic rings. The number of benzene rings is 1. The van der Waals surface area contributed by atoms with Crippen molar-refractivity contribution < 1.29 is 19.1 Å². The van der Waals surface area contributed by atoms with E-state index in [1.54, 1.807) is 24.3 Å². The van der Waals surface area contributed by atoms with Crippen molar-refractivity contribution in [2.75, 3.05) is 19.0 Å². The van der Waals surface area contributed by atoms with Gasteiger partial charge in [-0.3, -0.25) is 14.4 Å². The van der Waals surface area contributed by atoms with Crippen molar-refractivity contribution in [3.05, 3.63) is 29.8 Å². The SMILES string of the molecule is CCCC(N)C(=O)Nc1ccc(CC(=O)NCC(=O)OC)cc1.Cl. The Morgan fingerprint density at radius 2 is 1.83 bits per heavy atom. The quantitative estimate of drug-likeness (QED) is 0.601. The van der Waals surface area contributed by atoms with Gasteiger partial charge >= 0.3 is 5.97 Å². The van der Waals surface area contributed by atoms with E-state index >= 15 is 0 Å². The number of halogens is 1. The maximum absolute atomic E-state index is 11.8. The minimum atomic E-state index is -0.524. The van der Waals surface area contributed by atoms with E-state index in [9.17, 15) is 14.4 Å². The molecule has 0 spiro atoms. The van der Waals surface area contributed by atoms with Crippen LogP contribution in [0.5, 0.6) is 0 Å². The lowest BCUT2D eigenvalue weighted by Crippen LogP contribution is -2.35. The molecule has 1 aromatic carbocycles. The highest BCUT2D eigenvalue weighted by molar-refractivity contribution is 5.94. The van der Waals surface area contributed by atoms with E-state index in [4.69, 9.17) is 5.73 Å². The van der Waals surface area contributed by atoms with Gasteiger partial charge in [0, 0.05) is 5.69 Å². The van der Waals surface area contributed by atoms with Gasteiger partial charge in [0.15, 0.2) is 0 Å². The van der Waals surface area contributed by atoms with Gasteiger partial charge in [0.1, 0.15) is 6.54 Å². The number of carbonyl (C=O) groups is 3. The van der Waals surface area contributed by atoms with E-state index in [0.717, 1.165) is 12.0 Å². The van der Waals surface area contributed by atoms with Gasteiger partial charge in [-0.1, -0.05) is 25.5 Å². The van der Waals surface area contributed by atoms with Crippen LogP contribution in [0.2, 0.25) is 0 Å². The summed E-state index contributed by atoms with van der Waals surface area (Å²) in [7, 11) is 1.26. The first kappa shape index (κ1) is 21.9. The summed E-state index contributed by atoms with van der Waals surface area (Å²) >= 11 is 0. The molecule has 134 valence electrons. The van der Waals surface area contributed by atoms with E-state index in [-0.39, 0.29) is 37.2 Å². The van der Waals surface area contributed by atoms with Crippen molar-refractivity contribution in [2.24, 2.45) is 5.73 Å². The maximum Gasteiger partial charge on any atom is 0.325 e. The summed E-state index contributed by atoms with van der Waals surface area (Å²) in [6.45, 7) is 1.81. The maximum atomic E-state index is 11.8. The molecule has 0 saturated heterocycles. The molecule has 1 atom stereocenters. The molecule has 0 aliphatic rings. The predicted octanol–water partition coefficient (Wildman–Crippen LogP) is 1.01. The van der Waals surface area contributed by atoms with Gasteiger partial charge in [-0.05, 0) is 24.1 Å². The molecule has 2 amide bonds. The highest BCUT2D eigenvalue weighted by atomic mass is 35.5. The molecule has 0 aliphatic carbocycles. The van der Waals surface area contributed by atoms with Gasteiger partial charge in [-0.2, -0.15) is 0 Å². The molecule has 0 fully saturated rings. The lowest BCUT2D eigenvalue weighted by Gasteiger charge is -2.11. The first-order valence-corrected chi connectivity index (χ1v) is 7.45. The molecule has 8 heteroatoms. The second-order valence-electron chi connectivity index (χ2n) is 5.11. The Bertz CT molecular complexity index is 549. The first-order valence-electron chi connectivity index (χ1n) is 7.45. The van der Waals surface area contributed by atoms with Gasteiger partial charge in [-0.15, -0.1) is 12.4 Å². The second-order valence-corrected chi connectivity index (χ2v) is 5.11. The van der Waals surface area contributed by atoms with Crippen LogP contribution >= 0.6 is 12.4 Å². The van der Waals surface area contributed by atoms with Gasteiger partial charge in [0.2, 0.25) is 11.8 Å². The number of nitrogens with two attached hydrogens (primary N) is 1. The molecule has 1 unspecified atom stereocenters. The van der Waals surface area contributed by atoms with Crippen LogP contribution in [0.4, 0.5) is 5.69 Å². The number of carbonyl (C=O) groups excluding carboxylic acids is 3. The zero-order valence-corrected chi connectivity index (χ0v) is 14.7. The Balaban J connectivity index is 0.00000529. The van der Waals surface area contributed by atoms with Crippen molar-refractivity contribution in [2.45, 2.75) is 32.2 Å². The van der Waals surface area contributed by atoms with Crippen LogP contribution in [0.15, 0.2) is 24.3 Å². The molecule has 0 aliphatic heterocycles. The van der Waals surface area contributed by atoms with Gasteiger partial charge in [0.25, 0.3) is 0 Å². The Hall–Kier alpha value is -2.12. The van der Waals surface area contributed by atoms with Gasteiger partial charge in [0.05, 0.1) is 19.6 Å². The number of methoxy groups -OCH3 is 1. The lowest BCUT2D eigenvalue weighted by molar-refractivity contribution is -0.141. The minimum absolute atomic E-state index is 0. The molecule has 0 heterocycles. The van der Waals surface area contributed by atoms with Crippen LogP contribution in [0, 0.1) is 0 Å². The average molecular weight is 358 g/mol. The topological polar surface area (TPSA) is 111 Å². The molecule has 0 radical (unpaired) electrons. The molecular formula is C16H24ClN3O4. The molecule has 7 nitrogen and oxygen atoms in total. The Kier molecular flexibility index (Phi) is 10.4. The van der Waals surface area contributed by atoms with Crippen molar-refractivity contribution in [3.8, 4) is 0 Å². The van der Waals surface area contributed by atoms with Crippen LogP contribution in [0.3, 0.4) is 0 Å². The third-order valence-corrected chi connectivity index (χ3v) is 3.18. The number of amides is 2. The highest BCUT2D eigenvalue weighted by Gasteiger charge is 2.12. The summed E-state index contributed by atoms with van der Waals surface area (Å²) < 4.78 is 4.44. The molecule has 0 saturated carbocycles. The summed E-state index contributed by atoms with van der Waals surface area (Å²) in [5, 5.41) is 5.19. The minimum Gasteiger partial charge on any atom is -0.468 e. The predicted molar refractivity (Wildman–Crippen MR) is 93.9 cm³/mol. The molecular weight excluding hydrogens is 334 g/mol. The number of rotatable bonds is 8. The average Bonchev–Trinajstić information content (AvgIpc) is 2.54. The number of hydrogen-bond acceptors (Lipinski definition) is 5. The van der Waals surface area contributed by atoms with Crippen LogP contribution in [-0.4, -0.2) is 37.5 Å². The number of nitrogens with one attached hydrogen (secondary N) is 2. The van der Waals surface area contributed by atoms with Crippen molar-refractivity contribution in [1.29, 1.82) is 0 Å². The third kappa shape index (κ3) is 7.94. The fourth-order valence-corrected chi connectivity index (χ4v) is 1.87. The monoisotopic (exact) mass is 357 g/mol. The summed E-state index contributed by atoms with van der Waals surface area (Å²) in [5.74, 6) is -1.01. The summed E-state index contributed by atoms with van der Waals surface area (Å²) in [5.41, 5.74) is 7.13. The third-order valence-electron chi connectivity index (χ3n) is 3.18. The van der Waals surface area contributed by atoms with Crippen LogP contribution in [-0.2, 0) is 25.5 Å². The van der Waals surface area contributed by atoms with Crippen LogP contribution in [0.1, 0.15) is 25.3 Å². The summed E-state index contributed by atoms with van der Waals surface area (Å²) in [6, 6.07) is 6.36. The fourth-order valence-electron chi connectivity index (χ4n) is 1.87. The second kappa shape index (κ2) is 11.4. The smallest absolute Gasteiger partial charge is 0.325 e. The van der Waals surface area contributed by atoms with Crippen molar-refractivity contribution in [1.82, 2.24) is 5.32 Å². The zero-order chi connectivity index (χ0) is 17.2. The standard InChI is InChI=1S/C16H23N3O4.ClH/c1-3-4-13(17)16(22)19-12-7-5-11(6-8-12)9-14(20)18-10-15(21)23-2;/h5-8,13H,3-4,9-10,17H2,1-2H3,(H,18,20)(H,19,22);1H. The largest absolute Gasteiger partial charge is 0.468 e. The Morgan fingerprint density at radius 1 is 1.21 bits per heavy atom. The highest BCUT2D eigenvalue weighted by Crippen LogP contribution is 2.11. The van der Waals surface area contributed by atoms with E-state index in [2.05, 4.69) is 15.4 Å². The van der Waals surface area contributed by atoms with Crippen LogP contribution < -0.4 is 16.4 Å². The molecule has 1 rings (SSSR count).